The van der Waals surface area contributed by atoms with Crippen LogP contribution in [0.15, 0.2) is 24.6 Å². The van der Waals surface area contributed by atoms with Crippen LogP contribution in [-0.2, 0) is 0 Å². The van der Waals surface area contributed by atoms with E-state index >= 15 is 0 Å². The maximum Gasteiger partial charge on any atom is 0.0709 e. The standard InChI is InChI=1S/C13H28Si2/c1-7-14(3,4)12-10-9-11-13-15(5,6)8-2/h7-8H,1-2,9-13H2,3-6H3. The Morgan fingerprint density at radius 1 is 0.733 bits per heavy atom. The number of unbranched alkanes of at least 4 members (excludes halogenated alkanes) is 2. The van der Waals surface area contributed by atoms with Gasteiger partial charge in [-0.1, -0.05) is 57.5 Å². The van der Waals surface area contributed by atoms with Crippen molar-refractivity contribution in [3.8, 4) is 0 Å². The first-order valence-electron chi connectivity index (χ1n) is 6.10. The van der Waals surface area contributed by atoms with Crippen LogP contribution in [0, 0.1) is 0 Å². The predicted molar refractivity (Wildman–Crippen MR) is 78.8 cm³/mol. The highest BCUT2D eigenvalue weighted by molar-refractivity contribution is 6.82. The van der Waals surface area contributed by atoms with Crippen molar-refractivity contribution >= 4 is 16.1 Å². The number of hydrogen-bond acceptors (Lipinski definition) is 0. The van der Waals surface area contributed by atoms with Crippen LogP contribution in [0.1, 0.15) is 19.3 Å². The lowest BCUT2D eigenvalue weighted by molar-refractivity contribution is 0.756. The van der Waals surface area contributed by atoms with E-state index in [0.717, 1.165) is 0 Å². The van der Waals surface area contributed by atoms with Crippen LogP contribution in [-0.4, -0.2) is 16.1 Å². The molecule has 0 heterocycles. The van der Waals surface area contributed by atoms with Crippen LogP contribution in [0.3, 0.4) is 0 Å². The van der Waals surface area contributed by atoms with Gasteiger partial charge in [0.15, 0.2) is 0 Å². The molecule has 0 aromatic carbocycles. The molecule has 2 heteroatoms. The summed E-state index contributed by atoms with van der Waals surface area (Å²) in [7, 11) is -2.05. The molecule has 0 aliphatic carbocycles. The second-order valence-corrected chi connectivity index (χ2v) is 15.7. The van der Waals surface area contributed by atoms with Gasteiger partial charge in [0.25, 0.3) is 0 Å². The fraction of sp³-hybridized carbons (Fsp3) is 0.692. The summed E-state index contributed by atoms with van der Waals surface area (Å²) in [5.74, 6) is 0. The zero-order valence-electron chi connectivity index (χ0n) is 11.1. The molecule has 0 unspecified atom stereocenters. The molecule has 0 aromatic heterocycles. The summed E-state index contributed by atoms with van der Waals surface area (Å²) in [5, 5.41) is 0. The molecule has 0 nitrogen and oxygen atoms in total. The normalized spacial score (nSPS) is 12.5. The summed E-state index contributed by atoms with van der Waals surface area (Å²) in [6.45, 7) is 17.5. The lowest BCUT2D eigenvalue weighted by atomic mass is 10.3. The molecule has 0 aliphatic rings. The first-order valence-corrected chi connectivity index (χ1v) is 12.7. The average Bonchev–Trinajstić information content (AvgIpc) is 2.17. The van der Waals surface area contributed by atoms with Crippen molar-refractivity contribution in [2.75, 3.05) is 0 Å². The fourth-order valence-corrected chi connectivity index (χ4v) is 4.27. The monoisotopic (exact) mass is 240 g/mol. The third-order valence-electron chi connectivity index (χ3n) is 3.25. The van der Waals surface area contributed by atoms with Crippen LogP contribution in [0.2, 0.25) is 38.3 Å². The van der Waals surface area contributed by atoms with Gasteiger partial charge in [0.05, 0.1) is 16.1 Å². The maximum absolute atomic E-state index is 3.94. The van der Waals surface area contributed by atoms with Gasteiger partial charge in [0.1, 0.15) is 0 Å². The molecule has 0 fully saturated rings. The van der Waals surface area contributed by atoms with Crippen LogP contribution in [0.5, 0.6) is 0 Å². The first kappa shape index (κ1) is 14.9. The zero-order valence-corrected chi connectivity index (χ0v) is 13.1. The molecule has 88 valence electrons. The van der Waals surface area contributed by atoms with Crippen molar-refractivity contribution in [2.45, 2.75) is 57.5 Å². The van der Waals surface area contributed by atoms with Crippen molar-refractivity contribution in [3.63, 3.8) is 0 Å². The number of hydrogen-bond donors (Lipinski definition) is 0. The van der Waals surface area contributed by atoms with Gasteiger partial charge in [-0.3, -0.25) is 0 Å². The van der Waals surface area contributed by atoms with E-state index in [0.29, 0.717) is 0 Å². The Labute approximate surface area is 98.5 Å². The van der Waals surface area contributed by atoms with Gasteiger partial charge >= 0.3 is 0 Å². The third kappa shape index (κ3) is 7.80. The summed E-state index contributed by atoms with van der Waals surface area (Å²) in [4.78, 5) is 0. The van der Waals surface area contributed by atoms with Gasteiger partial charge in [0.2, 0.25) is 0 Å². The molecule has 0 atom stereocenters. The molecule has 0 rings (SSSR count). The van der Waals surface area contributed by atoms with Gasteiger partial charge in [0, 0.05) is 0 Å². The Morgan fingerprint density at radius 3 is 1.33 bits per heavy atom. The molecule has 0 saturated heterocycles. The maximum atomic E-state index is 3.94. The second kappa shape index (κ2) is 6.49. The van der Waals surface area contributed by atoms with E-state index in [1.807, 2.05) is 0 Å². The number of rotatable bonds is 8. The fourth-order valence-electron chi connectivity index (χ4n) is 1.54. The highest BCUT2D eigenvalue weighted by atomic mass is 28.3. The van der Waals surface area contributed by atoms with Gasteiger partial charge in [-0.25, -0.2) is 0 Å². The molecule has 0 spiro atoms. The summed E-state index contributed by atoms with van der Waals surface area (Å²) < 4.78 is 0. The van der Waals surface area contributed by atoms with E-state index in [1.165, 1.54) is 31.4 Å². The minimum Gasteiger partial charge on any atom is -0.107 e. The highest BCUT2D eigenvalue weighted by Crippen LogP contribution is 2.19. The van der Waals surface area contributed by atoms with Crippen molar-refractivity contribution in [1.82, 2.24) is 0 Å². The molecule has 0 amide bonds. The minimum absolute atomic E-state index is 1.03. The van der Waals surface area contributed by atoms with Crippen LogP contribution >= 0.6 is 0 Å². The Morgan fingerprint density at radius 2 is 1.07 bits per heavy atom. The van der Waals surface area contributed by atoms with E-state index in [9.17, 15) is 0 Å². The molecule has 15 heavy (non-hydrogen) atoms. The van der Waals surface area contributed by atoms with Gasteiger partial charge in [-0.2, -0.15) is 0 Å². The van der Waals surface area contributed by atoms with Crippen molar-refractivity contribution < 1.29 is 0 Å². The molecule has 0 saturated carbocycles. The second-order valence-electron chi connectivity index (χ2n) is 5.95. The van der Waals surface area contributed by atoms with Crippen LogP contribution in [0.25, 0.3) is 0 Å². The highest BCUT2D eigenvalue weighted by Gasteiger charge is 2.16. The topological polar surface area (TPSA) is 0 Å². The van der Waals surface area contributed by atoms with E-state index in [4.69, 9.17) is 0 Å². The predicted octanol–water partition coefficient (Wildman–Crippen LogP) is 5.02. The zero-order chi connectivity index (χ0) is 11.9. The average molecular weight is 241 g/mol. The summed E-state index contributed by atoms with van der Waals surface area (Å²) in [6.07, 6.45) is 4.19. The summed E-state index contributed by atoms with van der Waals surface area (Å²) in [6, 6.07) is 2.82. The molecule has 0 radical (unpaired) electrons. The Balaban J connectivity index is 3.56. The van der Waals surface area contributed by atoms with Crippen molar-refractivity contribution in [2.24, 2.45) is 0 Å². The van der Waals surface area contributed by atoms with Crippen molar-refractivity contribution in [3.05, 3.63) is 24.6 Å². The molecule has 0 aromatic rings. The summed E-state index contributed by atoms with van der Waals surface area (Å²) in [5.41, 5.74) is 4.44. The molecule has 0 aliphatic heterocycles. The molecule has 0 N–H and O–H groups in total. The third-order valence-corrected chi connectivity index (χ3v) is 8.74. The lowest BCUT2D eigenvalue weighted by Crippen LogP contribution is -2.22. The quantitative estimate of drug-likeness (QED) is 0.413. The van der Waals surface area contributed by atoms with Crippen molar-refractivity contribution in [1.29, 1.82) is 0 Å². The Kier molecular flexibility index (Phi) is 6.45. The first-order chi connectivity index (χ1) is 6.83. The largest absolute Gasteiger partial charge is 0.107 e. The van der Waals surface area contributed by atoms with E-state index in [-0.39, 0.29) is 0 Å². The van der Waals surface area contributed by atoms with Crippen LogP contribution < -0.4 is 0 Å². The Bertz CT molecular complexity index is 183. The molecule has 0 bridgehead atoms. The van der Waals surface area contributed by atoms with E-state index in [1.54, 1.807) is 0 Å². The molecular formula is C13H28Si2. The van der Waals surface area contributed by atoms with Gasteiger partial charge < -0.3 is 0 Å². The summed E-state index contributed by atoms with van der Waals surface area (Å²) >= 11 is 0. The van der Waals surface area contributed by atoms with E-state index < -0.39 is 16.1 Å². The smallest absolute Gasteiger partial charge is 0.0709 e. The van der Waals surface area contributed by atoms with E-state index in [2.05, 4.69) is 50.7 Å². The van der Waals surface area contributed by atoms with Gasteiger partial charge in [-0.05, 0) is 0 Å². The Hall–Kier alpha value is -0.0862. The lowest BCUT2D eigenvalue weighted by Gasteiger charge is -2.19. The SMILES string of the molecule is C=C[Si](C)(C)CCCCC[Si](C)(C)C=C. The van der Waals surface area contributed by atoms with Gasteiger partial charge in [-0.15, -0.1) is 24.6 Å². The minimum atomic E-state index is -1.03. The van der Waals surface area contributed by atoms with Crippen LogP contribution in [0.4, 0.5) is 0 Å². The molecular weight excluding hydrogens is 212 g/mol.